The van der Waals surface area contributed by atoms with E-state index >= 15 is 0 Å². The van der Waals surface area contributed by atoms with Gasteiger partial charge < -0.3 is 18.9 Å². The van der Waals surface area contributed by atoms with Crippen LogP contribution in [-0.2, 0) is 19.0 Å². The molecule has 30 heavy (non-hydrogen) atoms. The number of nitro groups is 1. The van der Waals surface area contributed by atoms with Crippen LogP contribution in [0, 0.1) is 10.1 Å². The van der Waals surface area contributed by atoms with Gasteiger partial charge in [-0.2, -0.15) is 0 Å². The lowest BCUT2D eigenvalue weighted by Gasteiger charge is -2.03. The smallest absolute Gasteiger partial charge is 0.434 e. The lowest BCUT2D eigenvalue weighted by atomic mass is 10.3. The Morgan fingerprint density at radius 1 is 1.20 bits per heavy atom. The highest BCUT2D eigenvalue weighted by Gasteiger charge is 2.21. The van der Waals surface area contributed by atoms with Gasteiger partial charge in [0.2, 0.25) is 6.08 Å². The molecular formula is C20H30N2O8. The van der Waals surface area contributed by atoms with Crippen molar-refractivity contribution in [3.05, 3.63) is 34.4 Å². The molecule has 0 spiro atoms. The molecule has 1 fully saturated rings. The maximum atomic E-state index is 11.0. The molecule has 1 saturated heterocycles. The standard InChI is InChI=1S/C10H11NO5.C6H12O2.C4H7NO/c1-2-7-15-10(12)16-9-5-3-8(4-6-9)11(13)14;1-2-3-7-4-6-5-8-6;1-2-3-5-4-6/h3-6H,2,7H2,1H3;6H,2-5H2,1H3;2-3H2,1H3. The van der Waals surface area contributed by atoms with Crippen LogP contribution in [0.4, 0.5) is 10.5 Å². The molecule has 2 rings (SSSR count). The lowest BCUT2D eigenvalue weighted by Crippen LogP contribution is -2.10. The van der Waals surface area contributed by atoms with Crippen LogP contribution in [0.3, 0.4) is 0 Å². The highest BCUT2D eigenvalue weighted by molar-refractivity contribution is 5.63. The average Bonchev–Trinajstić information content (AvgIpc) is 3.57. The molecule has 0 bridgehead atoms. The summed E-state index contributed by atoms with van der Waals surface area (Å²) in [6.07, 6.45) is 3.80. The number of hydrogen-bond acceptors (Lipinski definition) is 9. The first-order valence-electron chi connectivity index (χ1n) is 9.80. The fraction of sp³-hybridized carbons (Fsp3) is 0.600. The Kier molecular flexibility index (Phi) is 16.5. The quantitative estimate of drug-likeness (QED) is 0.0800. The maximum Gasteiger partial charge on any atom is 0.513 e. The minimum Gasteiger partial charge on any atom is -0.434 e. The van der Waals surface area contributed by atoms with Crippen molar-refractivity contribution in [1.82, 2.24) is 0 Å². The van der Waals surface area contributed by atoms with Crippen LogP contribution in [0.1, 0.15) is 40.0 Å². The van der Waals surface area contributed by atoms with Gasteiger partial charge in [0.15, 0.2) is 0 Å². The monoisotopic (exact) mass is 426 g/mol. The first-order chi connectivity index (χ1) is 14.5. The van der Waals surface area contributed by atoms with Gasteiger partial charge in [-0.25, -0.2) is 14.6 Å². The second-order valence-electron chi connectivity index (χ2n) is 5.95. The first kappa shape index (κ1) is 27.2. The van der Waals surface area contributed by atoms with Crippen LogP contribution in [0.25, 0.3) is 0 Å². The number of ether oxygens (including phenoxy) is 4. The molecule has 0 N–H and O–H groups in total. The number of hydrogen-bond donors (Lipinski definition) is 0. The van der Waals surface area contributed by atoms with Crippen molar-refractivity contribution < 1.29 is 33.5 Å². The molecule has 10 nitrogen and oxygen atoms in total. The van der Waals surface area contributed by atoms with Crippen molar-refractivity contribution in [2.45, 2.75) is 46.1 Å². The maximum absolute atomic E-state index is 11.0. The predicted molar refractivity (Wildman–Crippen MR) is 109 cm³/mol. The Balaban J connectivity index is 0.000000497. The van der Waals surface area contributed by atoms with Gasteiger partial charge >= 0.3 is 6.16 Å². The number of nitro benzene ring substituents is 1. The summed E-state index contributed by atoms with van der Waals surface area (Å²) in [5.41, 5.74) is -0.0609. The van der Waals surface area contributed by atoms with E-state index in [4.69, 9.17) is 14.2 Å². The number of nitrogens with zero attached hydrogens (tertiary/aromatic N) is 2. The van der Waals surface area contributed by atoms with Crippen molar-refractivity contribution in [2.24, 2.45) is 4.99 Å². The average molecular weight is 426 g/mol. The zero-order chi connectivity index (χ0) is 22.6. The zero-order valence-corrected chi connectivity index (χ0v) is 17.7. The highest BCUT2D eigenvalue weighted by atomic mass is 16.7. The number of carbonyl (C=O) groups is 1. The molecule has 1 aliphatic heterocycles. The third-order valence-electron chi connectivity index (χ3n) is 3.13. The molecule has 1 aliphatic rings. The van der Waals surface area contributed by atoms with E-state index in [0.29, 0.717) is 19.1 Å². The van der Waals surface area contributed by atoms with Gasteiger partial charge in [0.05, 0.1) is 31.3 Å². The Bertz CT molecular complexity index is 641. The molecule has 0 saturated carbocycles. The van der Waals surface area contributed by atoms with Gasteiger partial charge in [0.25, 0.3) is 5.69 Å². The minimum absolute atomic E-state index is 0.0609. The summed E-state index contributed by atoms with van der Waals surface area (Å²) in [5.74, 6) is 0.215. The van der Waals surface area contributed by atoms with Crippen LogP contribution in [0.5, 0.6) is 5.75 Å². The number of benzene rings is 1. The molecule has 0 aromatic heterocycles. The van der Waals surface area contributed by atoms with Crippen molar-refractivity contribution in [3.63, 3.8) is 0 Å². The van der Waals surface area contributed by atoms with Crippen molar-refractivity contribution >= 4 is 17.9 Å². The van der Waals surface area contributed by atoms with E-state index in [1.165, 1.54) is 30.3 Å². The van der Waals surface area contributed by atoms with Gasteiger partial charge in [-0.1, -0.05) is 20.8 Å². The van der Waals surface area contributed by atoms with Crippen LogP contribution in [0.2, 0.25) is 0 Å². The second-order valence-corrected chi connectivity index (χ2v) is 5.95. The molecule has 1 atom stereocenters. The molecule has 10 heteroatoms. The van der Waals surface area contributed by atoms with Gasteiger partial charge in [-0.05, 0) is 31.4 Å². The van der Waals surface area contributed by atoms with Crippen molar-refractivity contribution in [2.75, 3.05) is 33.0 Å². The number of epoxide rings is 1. The summed E-state index contributed by atoms with van der Waals surface area (Å²) >= 11 is 0. The first-order valence-corrected chi connectivity index (χ1v) is 9.80. The normalized spacial score (nSPS) is 13.4. The van der Waals surface area contributed by atoms with E-state index in [2.05, 4.69) is 16.7 Å². The van der Waals surface area contributed by atoms with Crippen LogP contribution >= 0.6 is 0 Å². The SMILES string of the molecule is CCCN=C=O.CCCOC(=O)Oc1ccc([N+](=O)[O-])cc1.CCCOCC1CO1. The number of non-ortho nitro benzene ring substituents is 1. The molecule has 1 unspecified atom stereocenters. The van der Waals surface area contributed by atoms with Crippen LogP contribution < -0.4 is 4.74 Å². The van der Waals surface area contributed by atoms with Gasteiger partial charge in [0.1, 0.15) is 11.9 Å². The number of rotatable bonds is 10. The third kappa shape index (κ3) is 16.2. The van der Waals surface area contributed by atoms with Gasteiger partial charge in [-0.3, -0.25) is 10.1 Å². The van der Waals surface area contributed by atoms with E-state index in [1.54, 1.807) is 0 Å². The van der Waals surface area contributed by atoms with Crippen LogP contribution in [-0.4, -0.2) is 56.2 Å². The Hall–Kier alpha value is -2.81. The van der Waals surface area contributed by atoms with E-state index in [-0.39, 0.29) is 18.0 Å². The molecule has 1 aromatic rings. The molecule has 0 amide bonds. The number of aliphatic imine (C=N–C) groups is 1. The third-order valence-corrected chi connectivity index (χ3v) is 3.13. The highest BCUT2D eigenvalue weighted by Crippen LogP contribution is 2.17. The van der Waals surface area contributed by atoms with E-state index in [9.17, 15) is 19.7 Å². The summed E-state index contributed by atoms with van der Waals surface area (Å²) in [7, 11) is 0. The Morgan fingerprint density at radius 2 is 1.83 bits per heavy atom. The summed E-state index contributed by atoms with van der Waals surface area (Å²) in [6, 6.07) is 5.18. The van der Waals surface area contributed by atoms with E-state index in [0.717, 1.165) is 32.7 Å². The molecule has 168 valence electrons. The molecule has 1 aromatic carbocycles. The van der Waals surface area contributed by atoms with E-state index < -0.39 is 11.1 Å². The number of carbonyl (C=O) groups excluding carboxylic acids is 2. The van der Waals surface area contributed by atoms with Crippen LogP contribution in [0.15, 0.2) is 29.3 Å². The summed E-state index contributed by atoms with van der Waals surface area (Å²) in [6.45, 7) is 9.40. The summed E-state index contributed by atoms with van der Waals surface area (Å²) in [4.78, 5) is 33.4. The summed E-state index contributed by atoms with van der Waals surface area (Å²) < 4.78 is 19.6. The largest absolute Gasteiger partial charge is 0.513 e. The topological polar surface area (TPSA) is 130 Å². The molecule has 1 heterocycles. The second kappa shape index (κ2) is 18.2. The fourth-order valence-corrected chi connectivity index (χ4v) is 1.63. The Morgan fingerprint density at radius 3 is 2.27 bits per heavy atom. The number of isocyanates is 1. The van der Waals surface area contributed by atoms with Gasteiger partial charge in [0, 0.05) is 18.7 Å². The summed E-state index contributed by atoms with van der Waals surface area (Å²) in [5, 5.41) is 10.3. The molecular weight excluding hydrogens is 396 g/mol. The van der Waals surface area contributed by atoms with Crippen molar-refractivity contribution in [3.8, 4) is 5.75 Å². The Labute approximate surface area is 176 Å². The fourth-order valence-electron chi connectivity index (χ4n) is 1.63. The zero-order valence-electron chi connectivity index (χ0n) is 17.7. The van der Waals surface area contributed by atoms with Crippen molar-refractivity contribution in [1.29, 1.82) is 0 Å². The molecule has 0 radical (unpaired) electrons. The molecule has 0 aliphatic carbocycles. The lowest BCUT2D eigenvalue weighted by molar-refractivity contribution is -0.384. The minimum atomic E-state index is -0.810. The predicted octanol–water partition coefficient (Wildman–Crippen LogP) is 4.06. The van der Waals surface area contributed by atoms with Gasteiger partial charge in [-0.15, -0.1) is 0 Å². The van der Waals surface area contributed by atoms with E-state index in [1.807, 2.05) is 13.8 Å².